The van der Waals surface area contributed by atoms with Crippen LogP contribution in [0.15, 0.2) is 79.0 Å². The quantitative estimate of drug-likeness (QED) is 0.232. The Labute approximate surface area is 239 Å². The van der Waals surface area contributed by atoms with Gasteiger partial charge in [-0.1, -0.05) is 66.2 Å². The minimum atomic E-state index is -0.550. The van der Waals surface area contributed by atoms with Crippen LogP contribution in [0.1, 0.15) is 43.0 Å². The van der Waals surface area contributed by atoms with Crippen LogP contribution in [0.3, 0.4) is 0 Å². The molecule has 212 valence electrons. The Morgan fingerprint density at radius 2 is 1.78 bits per heavy atom. The first-order valence-electron chi connectivity index (χ1n) is 14.0. The Morgan fingerprint density at radius 3 is 2.54 bits per heavy atom. The van der Waals surface area contributed by atoms with E-state index in [1.54, 1.807) is 12.1 Å². The van der Waals surface area contributed by atoms with E-state index >= 15 is 4.39 Å². The molecule has 1 fully saturated rings. The van der Waals surface area contributed by atoms with Crippen molar-refractivity contribution in [3.8, 4) is 11.1 Å². The smallest absolute Gasteiger partial charge is 0.414 e. The minimum Gasteiger partial charge on any atom is -0.442 e. The summed E-state index contributed by atoms with van der Waals surface area (Å²) < 4.78 is 22.2. The fourth-order valence-corrected chi connectivity index (χ4v) is 4.97. The maximum absolute atomic E-state index is 15.1. The van der Waals surface area contributed by atoms with Gasteiger partial charge in [0.1, 0.15) is 11.9 Å². The molecule has 0 unspecified atom stereocenters. The number of aryl methyl sites for hydroxylation is 2. The molecular formula is C32H34FN5O3. The van der Waals surface area contributed by atoms with Crippen LogP contribution < -0.4 is 10.2 Å². The van der Waals surface area contributed by atoms with Gasteiger partial charge in [0, 0.05) is 18.7 Å². The molecule has 1 aliphatic heterocycles. The Kier molecular flexibility index (Phi) is 9.03. The third-order valence-electron chi connectivity index (χ3n) is 7.15. The van der Waals surface area contributed by atoms with Crippen LogP contribution >= 0.6 is 0 Å². The van der Waals surface area contributed by atoms with E-state index in [1.165, 1.54) is 29.0 Å². The number of amides is 2. The number of rotatable bonds is 12. The lowest BCUT2D eigenvalue weighted by Gasteiger charge is -2.14. The fraction of sp³-hybridized carbons (Fsp3) is 0.312. The standard InChI is InChI=1S/C32H34FN5O3/c1-23(39)34-19-29-22-38(32(40)41-29)28-16-17-30(31(33)18-28)26-14-12-24(13-15-26)8-4-3-7-11-27-21-37(36-35-27)20-25-9-5-2-6-10-25/h2,5-6,9-10,12-18,21,29H,3-4,7-8,11,19-20,22H2,1H3,(H,34,39)/t29-/m0/s1. The number of anilines is 1. The summed E-state index contributed by atoms with van der Waals surface area (Å²) in [6.45, 7) is 2.61. The second kappa shape index (κ2) is 13.2. The molecule has 0 bridgehead atoms. The summed E-state index contributed by atoms with van der Waals surface area (Å²) in [4.78, 5) is 24.8. The number of carbonyl (C=O) groups is 2. The minimum absolute atomic E-state index is 0.197. The van der Waals surface area contributed by atoms with E-state index in [0.717, 1.165) is 49.9 Å². The zero-order chi connectivity index (χ0) is 28.6. The molecule has 2 amide bonds. The third kappa shape index (κ3) is 7.57. The first-order chi connectivity index (χ1) is 19.9. The van der Waals surface area contributed by atoms with Crippen molar-refractivity contribution in [1.29, 1.82) is 0 Å². The van der Waals surface area contributed by atoms with Crippen LogP contribution in [0.4, 0.5) is 14.9 Å². The van der Waals surface area contributed by atoms with Gasteiger partial charge in [-0.15, -0.1) is 5.10 Å². The zero-order valence-electron chi connectivity index (χ0n) is 23.1. The second-order valence-corrected chi connectivity index (χ2v) is 10.4. The largest absolute Gasteiger partial charge is 0.442 e. The highest BCUT2D eigenvalue weighted by Gasteiger charge is 2.32. The van der Waals surface area contributed by atoms with E-state index in [4.69, 9.17) is 4.74 Å². The number of nitrogens with one attached hydrogen (secondary N) is 1. The number of benzene rings is 3. The number of hydrogen-bond acceptors (Lipinski definition) is 5. The molecule has 0 saturated carbocycles. The fourth-order valence-electron chi connectivity index (χ4n) is 4.97. The van der Waals surface area contributed by atoms with E-state index < -0.39 is 18.0 Å². The van der Waals surface area contributed by atoms with Gasteiger partial charge in [-0.05, 0) is 60.6 Å². The lowest BCUT2D eigenvalue weighted by molar-refractivity contribution is -0.119. The normalized spacial score (nSPS) is 14.7. The van der Waals surface area contributed by atoms with E-state index in [1.807, 2.05) is 53.3 Å². The number of ether oxygens (including phenoxy) is 1. The molecule has 1 N–H and O–H groups in total. The van der Waals surface area contributed by atoms with E-state index in [2.05, 4.69) is 27.8 Å². The lowest BCUT2D eigenvalue weighted by Crippen LogP contribution is -2.33. The summed E-state index contributed by atoms with van der Waals surface area (Å²) in [5.41, 5.74) is 5.12. The number of hydrogen-bond donors (Lipinski definition) is 1. The van der Waals surface area contributed by atoms with Gasteiger partial charge in [0.05, 0.1) is 31.0 Å². The van der Waals surface area contributed by atoms with Crippen molar-refractivity contribution in [2.75, 3.05) is 18.0 Å². The highest BCUT2D eigenvalue weighted by Crippen LogP contribution is 2.29. The number of cyclic esters (lactones) is 1. The van der Waals surface area contributed by atoms with Crippen LogP contribution in [0.25, 0.3) is 11.1 Å². The molecule has 3 aromatic carbocycles. The summed E-state index contributed by atoms with van der Waals surface area (Å²) in [5, 5.41) is 11.2. The van der Waals surface area contributed by atoms with Gasteiger partial charge in [0.15, 0.2) is 0 Å². The number of aromatic nitrogens is 3. The van der Waals surface area contributed by atoms with Gasteiger partial charge >= 0.3 is 6.09 Å². The Hall–Kier alpha value is -4.53. The van der Waals surface area contributed by atoms with Crippen LogP contribution in [0.5, 0.6) is 0 Å². The van der Waals surface area contributed by atoms with Crippen molar-refractivity contribution in [3.63, 3.8) is 0 Å². The molecule has 8 nitrogen and oxygen atoms in total. The van der Waals surface area contributed by atoms with Crippen molar-refractivity contribution >= 4 is 17.7 Å². The van der Waals surface area contributed by atoms with Gasteiger partial charge in [0.2, 0.25) is 5.91 Å². The molecule has 0 spiro atoms. The van der Waals surface area contributed by atoms with Gasteiger partial charge in [-0.2, -0.15) is 0 Å². The lowest BCUT2D eigenvalue weighted by atomic mass is 10.00. The molecule has 4 aromatic rings. The maximum Gasteiger partial charge on any atom is 0.414 e. The maximum atomic E-state index is 15.1. The zero-order valence-corrected chi connectivity index (χ0v) is 23.1. The summed E-state index contributed by atoms with van der Waals surface area (Å²) in [7, 11) is 0. The van der Waals surface area contributed by atoms with E-state index in [-0.39, 0.29) is 19.0 Å². The predicted molar refractivity (Wildman–Crippen MR) is 155 cm³/mol. The third-order valence-corrected chi connectivity index (χ3v) is 7.15. The summed E-state index contributed by atoms with van der Waals surface area (Å²) in [6.07, 6.45) is 6.09. The average molecular weight is 556 g/mol. The molecule has 2 heterocycles. The van der Waals surface area contributed by atoms with Crippen molar-refractivity contribution in [3.05, 3.63) is 102 Å². The van der Waals surface area contributed by atoms with Crippen molar-refractivity contribution in [1.82, 2.24) is 20.3 Å². The van der Waals surface area contributed by atoms with Crippen LogP contribution in [-0.4, -0.2) is 46.2 Å². The van der Waals surface area contributed by atoms with Crippen LogP contribution in [-0.2, 0) is 28.9 Å². The highest BCUT2D eigenvalue weighted by atomic mass is 19.1. The SMILES string of the molecule is CC(=O)NC[C@H]1CN(c2ccc(-c3ccc(CCCCCc4cn(Cc5ccccc5)nn4)cc3)c(F)c2)C(=O)O1. The Balaban J connectivity index is 1.07. The molecule has 1 aromatic heterocycles. The van der Waals surface area contributed by atoms with Crippen molar-refractivity contribution in [2.45, 2.75) is 51.7 Å². The van der Waals surface area contributed by atoms with Gasteiger partial charge < -0.3 is 10.1 Å². The summed E-state index contributed by atoms with van der Waals surface area (Å²) >= 11 is 0. The molecule has 1 atom stereocenters. The first-order valence-corrected chi connectivity index (χ1v) is 14.0. The molecule has 0 radical (unpaired) electrons. The van der Waals surface area contributed by atoms with Crippen LogP contribution in [0.2, 0.25) is 0 Å². The van der Waals surface area contributed by atoms with E-state index in [0.29, 0.717) is 11.3 Å². The van der Waals surface area contributed by atoms with E-state index in [9.17, 15) is 9.59 Å². The average Bonchev–Trinajstić information content (AvgIpc) is 3.58. The second-order valence-electron chi connectivity index (χ2n) is 10.4. The monoisotopic (exact) mass is 555 g/mol. The Bertz CT molecular complexity index is 1470. The van der Waals surface area contributed by atoms with Crippen LogP contribution in [0, 0.1) is 5.82 Å². The van der Waals surface area contributed by atoms with Crippen molar-refractivity contribution < 1.29 is 18.7 Å². The molecule has 5 rings (SSSR count). The molecule has 0 aliphatic carbocycles. The predicted octanol–water partition coefficient (Wildman–Crippen LogP) is 5.55. The number of halogens is 1. The number of unbranched alkanes of at least 4 members (excludes halogenated alkanes) is 2. The number of nitrogens with zero attached hydrogens (tertiary/aromatic N) is 4. The molecule has 1 saturated heterocycles. The van der Waals surface area contributed by atoms with Crippen molar-refractivity contribution in [2.24, 2.45) is 0 Å². The van der Waals surface area contributed by atoms with Gasteiger partial charge in [0.25, 0.3) is 0 Å². The molecule has 1 aliphatic rings. The molecular weight excluding hydrogens is 521 g/mol. The summed E-state index contributed by atoms with van der Waals surface area (Å²) in [6, 6.07) is 22.9. The molecule has 41 heavy (non-hydrogen) atoms. The number of carbonyl (C=O) groups excluding carboxylic acids is 2. The van der Waals surface area contributed by atoms with Gasteiger partial charge in [-0.25, -0.2) is 13.9 Å². The highest BCUT2D eigenvalue weighted by molar-refractivity contribution is 5.90. The van der Waals surface area contributed by atoms with Gasteiger partial charge in [-0.3, -0.25) is 9.69 Å². The summed E-state index contributed by atoms with van der Waals surface area (Å²) in [5.74, 6) is -0.605. The Morgan fingerprint density at radius 1 is 1.00 bits per heavy atom. The topological polar surface area (TPSA) is 89.4 Å². The molecule has 9 heteroatoms. The first kappa shape index (κ1) is 28.0.